The molecule has 0 radical (unpaired) electrons. The van der Waals surface area contributed by atoms with E-state index in [1.165, 1.54) is 26.0 Å². The minimum atomic E-state index is -0.474. The molecule has 1 heterocycles. The number of aryl methyl sites for hydroxylation is 1. The molecule has 0 saturated carbocycles. The van der Waals surface area contributed by atoms with Crippen molar-refractivity contribution in [3.8, 4) is 5.75 Å². The lowest BCUT2D eigenvalue weighted by Gasteiger charge is -2.14. The molecule has 0 spiro atoms. The van der Waals surface area contributed by atoms with Crippen molar-refractivity contribution in [2.24, 2.45) is 0 Å². The van der Waals surface area contributed by atoms with Crippen molar-refractivity contribution in [2.75, 3.05) is 0 Å². The summed E-state index contributed by atoms with van der Waals surface area (Å²) in [4.78, 5) is 34.5. The molecule has 0 N–H and O–H groups in total. The molecule has 1 aromatic carbocycles. The Hall–Kier alpha value is -2.63. The normalized spacial score (nSPS) is 12.0. The molecular weight excluding hydrogens is 300 g/mol. The number of esters is 2. The smallest absolute Gasteiger partial charge is 0.308 e. The minimum absolute atomic E-state index is 0.192. The van der Waals surface area contributed by atoms with Gasteiger partial charge in [0.15, 0.2) is 5.43 Å². The third kappa shape index (κ3) is 4.18. The molecule has 0 aliphatic heterocycles. The van der Waals surface area contributed by atoms with Gasteiger partial charge in [0, 0.05) is 32.4 Å². The average Bonchev–Trinajstić information content (AvgIpc) is 2.34. The molecular formula is C17H18O6. The molecule has 0 amide bonds. The molecule has 0 aliphatic carbocycles. The van der Waals surface area contributed by atoms with E-state index in [4.69, 9.17) is 13.9 Å². The van der Waals surface area contributed by atoms with E-state index in [2.05, 4.69) is 0 Å². The average molecular weight is 318 g/mol. The molecule has 6 nitrogen and oxygen atoms in total. The molecule has 1 atom stereocenters. The van der Waals surface area contributed by atoms with Crippen molar-refractivity contribution in [2.45, 2.75) is 40.2 Å². The van der Waals surface area contributed by atoms with Crippen LogP contribution in [0.4, 0.5) is 0 Å². The topological polar surface area (TPSA) is 82.8 Å². The molecule has 0 fully saturated rings. The lowest BCUT2D eigenvalue weighted by Crippen LogP contribution is -2.17. The SMILES string of the molecule is CC(=O)Oc1cc(CC(C)OC(C)=O)c2c(=O)cc(C)oc2c1. The summed E-state index contributed by atoms with van der Waals surface area (Å²) in [5.41, 5.74) is 0.739. The standard InChI is InChI=1S/C17H18O6/c1-9(21-11(3)18)5-13-7-14(23-12(4)19)8-16-17(13)15(20)6-10(2)22-16/h6-9H,5H2,1-4H3. The Labute approximate surface area is 133 Å². The molecule has 23 heavy (non-hydrogen) atoms. The van der Waals surface area contributed by atoms with Crippen molar-refractivity contribution in [1.82, 2.24) is 0 Å². The molecule has 0 bridgehead atoms. The Morgan fingerprint density at radius 3 is 2.48 bits per heavy atom. The van der Waals surface area contributed by atoms with Crippen LogP contribution in [0, 0.1) is 6.92 Å². The zero-order valence-corrected chi connectivity index (χ0v) is 13.5. The lowest BCUT2D eigenvalue weighted by atomic mass is 10.0. The summed E-state index contributed by atoms with van der Waals surface area (Å²) in [5.74, 6) is -0.135. The number of ether oxygens (including phenoxy) is 2. The van der Waals surface area contributed by atoms with Gasteiger partial charge in [0.05, 0.1) is 5.39 Å². The van der Waals surface area contributed by atoms with Crippen LogP contribution in [0.15, 0.2) is 27.4 Å². The maximum absolute atomic E-state index is 12.3. The first-order valence-electron chi connectivity index (χ1n) is 7.19. The molecule has 0 saturated heterocycles. The second-order valence-electron chi connectivity index (χ2n) is 5.39. The van der Waals surface area contributed by atoms with Crippen LogP contribution in [-0.2, 0) is 20.7 Å². The molecule has 1 aromatic heterocycles. The Bertz CT molecular complexity index is 818. The highest BCUT2D eigenvalue weighted by Gasteiger charge is 2.16. The Balaban J connectivity index is 2.56. The van der Waals surface area contributed by atoms with Gasteiger partial charge in [-0.3, -0.25) is 14.4 Å². The van der Waals surface area contributed by atoms with Crippen molar-refractivity contribution in [3.63, 3.8) is 0 Å². The Kier molecular flexibility index (Phi) is 4.83. The van der Waals surface area contributed by atoms with Crippen LogP contribution in [0.3, 0.4) is 0 Å². The molecule has 122 valence electrons. The maximum atomic E-state index is 12.3. The number of hydrogen-bond acceptors (Lipinski definition) is 6. The summed E-state index contributed by atoms with van der Waals surface area (Å²) in [6.07, 6.45) is -0.122. The fourth-order valence-corrected chi connectivity index (χ4v) is 2.49. The minimum Gasteiger partial charge on any atom is -0.463 e. The van der Waals surface area contributed by atoms with Gasteiger partial charge in [0.1, 0.15) is 23.2 Å². The largest absolute Gasteiger partial charge is 0.463 e. The van der Waals surface area contributed by atoms with Crippen LogP contribution < -0.4 is 10.2 Å². The number of hydrogen-bond donors (Lipinski definition) is 0. The van der Waals surface area contributed by atoms with Crippen LogP contribution in [-0.4, -0.2) is 18.0 Å². The molecule has 6 heteroatoms. The summed E-state index contributed by atoms with van der Waals surface area (Å²) in [5, 5.41) is 0.394. The van der Waals surface area contributed by atoms with E-state index >= 15 is 0 Å². The van der Waals surface area contributed by atoms with E-state index in [1.807, 2.05) is 0 Å². The van der Waals surface area contributed by atoms with Crippen LogP contribution in [0.1, 0.15) is 32.1 Å². The van der Waals surface area contributed by atoms with E-state index in [0.717, 1.165) is 0 Å². The van der Waals surface area contributed by atoms with E-state index in [9.17, 15) is 14.4 Å². The van der Waals surface area contributed by atoms with E-state index in [-0.39, 0.29) is 11.2 Å². The zero-order chi connectivity index (χ0) is 17.1. The zero-order valence-electron chi connectivity index (χ0n) is 13.5. The number of fused-ring (bicyclic) bond motifs is 1. The van der Waals surface area contributed by atoms with Gasteiger partial charge in [0.2, 0.25) is 0 Å². The first-order chi connectivity index (χ1) is 10.8. The van der Waals surface area contributed by atoms with Gasteiger partial charge >= 0.3 is 11.9 Å². The van der Waals surface area contributed by atoms with Crippen molar-refractivity contribution >= 4 is 22.9 Å². The van der Waals surface area contributed by atoms with Crippen molar-refractivity contribution in [1.29, 1.82) is 0 Å². The quantitative estimate of drug-likeness (QED) is 0.636. The highest BCUT2D eigenvalue weighted by Crippen LogP contribution is 2.26. The predicted octanol–water partition coefficient (Wildman–Crippen LogP) is 2.52. The second-order valence-corrected chi connectivity index (χ2v) is 5.39. The van der Waals surface area contributed by atoms with E-state index in [1.54, 1.807) is 19.9 Å². The van der Waals surface area contributed by atoms with Gasteiger partial charge in [-0.15, -0.1) is 0 Å². The van der Waals surface area contributed by atoms with Gasteiger partial charge in [-0.2, -0.15) is 0 Å². The number of benzene rings is 1. The molecule has 2 rings (SSSR count). The molecule has 2 aromatic rings. The summed E-state index contributed by atoms with van der Waals surface area (Å²) >= 11 is 0. The molecule has 0 aliphatic rings. The van der Waals surface area contributed by atoms with Crippen LogP contribution in [0.25, 0.3) is 11.0 Å². The Morgan fingerprint density at radius 2 is 1.87 bits per heavy atom. The van der Waals surface area contributed by atoms with Gasteiger partial charge in [-0.05, 0) is 25.5 Å². The van der Waals surface area contributed by atoms with Crippen molar-refractivity contribution in [3.05, 3.63) is 39.7 Å². The van der Waals surface area contributed by atoms with E-state index in [0.29, 0.717) is 28.7 Å². The van der Waals surface area contributed by atoms with Crippen molar-refractivity contribution < 1.29 is 23.5 Å². The fraction of sp³-hybridized carbons (Fsp3) is 0.353. The second kappa shape index (κ2) is 6.64. The van der Waals surface area contributed by atoms with Crippen LogP contribution in [0.2, 0.25) is 0 Å². The fourth-order valence-electron chi connectivity index (χ4n) is 2.49. The monoisotopic (exact) mass is 318 g/mol. The first-order valence-corrected chi connectivity index (χ1v) is 7.19. The summed E-state index contributed by atoms with van der Waals surface area (Å²) in [6.45, 7) is 6.00. The number of rotatable bonds is 4. The molecule has 1 unspecified atom stereocenters. The van der Waals surface area contributed by atoms with Gasteiger partial charge in [-0.1, -0.05) is 0 Å². The van der Waals surface area contributed by atoms with Gasteiger partial charge in [-0.25, -0.2) is 0 Å². The van der Waals surface area contributed by atoms with E-state index < -0.39 is 18.0 Å². The third-order valence-corrected chi connectivity index (χ3v) is 3.15. The Morgan fingerprint density at radius 1 is 1.17 bits per heavy atom. The highest BCUT2D eigenvalue weighted by molar-refractivity contribution is 5.83. The first kappa shape index (κ1) is 16.7. The third-order valence-electron chi connectivity index (χ3n) is 3.15. The van der Waals surface area contributed by atoms with Gasteiger partial charge in [0.25, 0.3) is 0 Å². The number of carbonyl (C=O) groups is 2. The van der Waals surface area contributed by atoms with Crippen LogP contribution >= 0.6 is 0 Å². The predicted molar refractivity (Wildman–Crippen MR) is 83.5 cm³/mol. The summed E-state index contributed by atoms with van der Waals surface area (Å²) in [7, 11) is 0. The lowest BCUT2D eigenvalue weighted by molar-refractivity contribution is -0.145. The summed E-state index contributed by atoms with van der Waals surface area (Å²) < 4.78 is 15.8. The highest BCUT2D eigenvalue weighted by atomic mass is 16.5. The van der Waals surface area contributed by atoms with Gasteiger partial charge < -0.3 is 13.9 Å². The summed E-state index contributed by atoms with van der Waals surface area (Å²) in [6, 6.07) is 4.49. The van der Waals surface area contributed by atoms with Crippen LogP contribution in [0.5, 0.6) is 5.75 Å². The maximum Gasteiger partial charge on any atom is 0.308 e. The number of carbonyl (C=O) groups excluding carboxylic acids is 2.